The molecule has 0 saturated carbocycles. The van der Waals surface area contributed by atoms with Crippen LogP contribution in [-0.2, 0) is 10.6 Å². The van der Waals surface area contributed by atoms with Gasteiger partial charge in [0.15, 0.2) is 0 Å². The number of methoxy groups -OCH3 is 1. The van der Waals surface area contributed by atoms with Gasteiger partial charge in [-0.2, -0.15) is 0 Å². The third kappa shape index (κ3) is 3.47. The lowest BCUT2D eigenvalue weighted by molar-refractivity contribution is 0.0886. The van der Waals surface area contributed by atoms with Crippen molar-refractivity contribution in [2.24, 2.45) is 0 Å². The first-order valence-electron chi connectivity index (χ1n) is 4.28. The predicted octanol–water partition coefficient (Wildman–Crippen LogP) is 1.63. The molecule has 0 radical (unpaired) electrons. The minimum Gasteiger partial charge on any atom is -0.471 e. The fourth-order valence-corrected chi connectivity index (χ4v) is 1.09. The van der Waals surface area contributed by atoms with E-state index in [1.807, 2.05) is 6.92 Å². The summed E-state index contributed by atoms with van der Waals surface area (Å²) in [5.74, 6) is 0.851. The van der Waals surface area contributed by atoms with Gasteiger partial charge in [0.1, 0.15) is 6.10 Å². The number of halogens is 1. The maximum absolute atomic E-state index is 5.57. The quantitative estimate of drug-likeness (QED) is 0.702. The summed E-state index contributed by atoms with van der Waals surface area (Å²) in [4.78, 5) is 8.10. The van der Waals surface area contributed by atoms with Gasteiger partial charge in [0.25, 0.3) is 0 Å². The van der Waals surface area contributed by atoms with E-state index in [0.717, 1.165) is 5.69 Å². The van der Waals surface area contributed by atoms with Crippen molar-refractivity contribution < 1.29 is 9.47 Å². The smallest absolute Gasteiger partial charge is 0.232 e. The number of nitrogens with zero attached hydrogens (tertiary/aromatic N) is 2. The molecule has 1 atom stereocenters. The van der Waals surface area contributed by atoms with E-state index in [9.17, 15) is 0 Å². The highest BCUT2D eigenvalue weighted by atomic mass is 35.5. The van der Waals surface area contributed by atoms with Crippen LogP contribution in [0.25, 0.3) is 0 Å². The summed E-state index contributed by atoms with van der Waals surface area (Å²) >= 11 is 5.57. The lowest BCUT2D eigenvalue weighted by Gasteiger charge is -2.11. The Morgan fingerprint density at radius 1 is 1.43 bits per heavy atom. The molecular weight excluding hydrogens is 204 g/mol. The van der Waals surface area contributed by atoms with E-state index in [0.29, 0.717) is 18.4 Å². The van der Waals surface area contributed by atoms with Gasteiger partial charge in [-0.05, 0) is 6.92 Å². The maximum Gasteiger partial charge on any atom is 0.232 e. The summed E-state index contributed by atoms with van der Waals surface area (Å²) in [6.07, 6.45) is 3.13. The molecule has 4 nitrogen and oxygen atoms in total. The number of rotatable bonds is 5. The van der Waals surface area contributed by atoms with Crippen LogP contribution in [0.2, 0.25) is 0 Å². The molecule has 78 valence electrons. The predicted molar refractivity (Wildman–Crippen MR) is 53.6 cm³/mol. The minimum absolute atomic E-state index is 0.0313. The van der Waals surface area contributed by atoms with E-state index >= 15 is 0 Å². The van der Waals surface area contributed by atoms with Crippen LogP contribution < -0.4 is 4.74 Å². The molecule has 1 rings (SSSR count). The van der Waals surface area contributed by atoms with Crippen LogP contribution in [0.1, 0.15) is 12.6 Å². The fourth-order valence-electron chi connectivity index (χ4n) is 0.948. The standard InChI is InChI=1S/C9H13ClN2O2/c1-7(6-13-2)14-9-5-11-8(3-10)4-12-9/h4-5,7H,3,6H2,1-2H3. The second-order valence-electron chi connectivity index (χ2n) is 2.86. The fraction of sp³-hybridized carbons (Fsp3) is 0.556. The number of hydrogen-bond donors (Lipinski definition) is 0. The van der Waals surface area contributed by atoms with Crippen LogP contribution in [0, 0.1) is 0 Å². The molecule has 0 aliphatic heterocycles. The van der Waals surface area contributed by atoms with Gasteiger partial charge >= 0.3 is 0 Å². The highest BCUT2D eigenvalue weighted by Crippen LogP contribution is 2.07. The lowest BCUT2D eigenvalue weighted by atomic mass is 10.4. The molecule has 0 amide bonds. The summed E-state index contributed by atoms with van der Waals surface area (Å²) in [5, 5.41) is 0. The molecule has 0 aliphatic rings. The van der Waals surface area contributed by atoms with Crippen LogP contribution in [0.5, 0.6) is 5.88 Å². The van der Waals surface area contributed by atoms with E-state index in [4.69, 9.17) is 21.1 Å². The molecule has 0 saturated heterocycles. The highest BCUT2D eigenvalue weighted by Gasteiger charge is 2.04. The Labute approximate surface area is 88.2 Å². The van der Waals surface area contributed by atoms with Crippen molar-refractivity contribution in [2.45, 2.75) is 18.9 Å². The number of hydrogen-bond acceptors (Lipinski definition) is 4. The van der Waals surface area contributed by atoms with E-state index < -0.39 is 0 Å². The molecule has 0 aliphatic carbocycles. The van der Waals surface area contributed by atoms with Crippen molar-refractivity contribution in [3.63, 3.8) is 0 Å². The van der Waals surface area contributed by atoms with Gasteiger partial charge in [0.05, 0.1) is 30.6 Å². The maximum atomic E-state index is 5.57. The Kier molecular flexibility index (Phi) is 4.62. The monoisotopic (exact) mass is 216 g/mol. The zero-order valence-corrected chi connectivity index (χ0v) is 8.99. The second kappa shape index (κ2) is 5.78. The van der Waals surface area contributed by atoms with Gasteiger partial charge in [-0.15, -0.1) is 11.6 Å². The van der Waals surface area contributed by atoms with Gasteiger partial charge in [-0.25, -0.2) is 4.98 Å². The molecule has 0 spiro atoms. The Hall–Kier alpha value is -0.870. The van der Waals surface area contributed by atoms with Crippen molar-refractivity contribution in [3.05, 3.63) is 18.1 Å². The first-order chi connectivity index (χ1) is 6.76. The van der Waals surface area contributed by atoms with Crippen molar-refractivity contribution in [1.82, 2.24) is 9.97 Å². The SMILES string of the molecule is COCC(C)Oc1cnc(CCl)cn1. The summed E-state index contributed by atoms with van der Waals surface area (Å²) in [5.41, 5.74) is 0.735. The first-order valence-corrected chi connectivity index (χ1v) is 4.82. The van der Waals surface area contributed by atoms with Gasteiger partial charge in [0, 0.05) is 7.11 Å². The van der Waals surface area contributed by atoms with Gasteiger partial charge in [-0.1, -0.05) is 0 Å². The summed E-state index contributed by atoms with van der Waals surface area (Å²) in [6.45, 7) is 2.43. The summed E-state index contributed by atoms with van der Waals surface area (Å²) < 4.78 is 10.3. The topological polar surface area (TPSA) is 44.2 Å². The van der Waals surface area contributed by atoms with E-state index in [2.05, 4.69) is 9.97 Å². The van der Waals surface area contributed by atoms with Crippen molar-refractivity contribution in [2.75, 3.05) is 13.7 Å². The van der Waals surface area contributed by atoms with Crippen molar-refractivity contribution >= 4 is 11.6 Å². The third-order valence-electron chi connectivity index (χ3n) is 1.54. The normalized spacial score (nSPS) is 12.5. The van der Waals surface area contributed by atoms with E-state index in [1.165, 1.54) is 0 Å². The molecule has 0 N–H and O–H groups in total. The molecule has 0 bridgehead atoms. The molecule has 1 aromatic rings. The molecule has 1 aromatic heterocycles. The Morgan fingerprint density at radius 2 is 2.21 bits per heavy atom. The van der Waals surface area contributed by atoms with Gasteiger partial charge < -0.3 is 9.47 Å². The zero-order chi connectivity index (χ0) is 10.4. The highest BCUT2D eigenvalue weighted by molar-refractivity contribution is 6.16. The number of ether oxygens (including phenoxy) is 2. The van der Waals surface area contributed by atoms with Crippen LogP contribution >= 0.6 is 11.6 Å². The minimum atomic E-state index is -0.0313. The van der Waals surface area contributed by atoms with Crippen molar-refractivity contribution in [3.8, 4) is 5.88 Å². The average Bonchev–Trinajstić information content (AvgIpc) is 2.19. The molecule has 1 heterocycles. The number of alkyl halides is 1. The second-order valence-corrected chi connectivity index (χ2v) is 3.13. The molecule has 5 heteroatoms. The first kappa shape index (κ1) is 11.2. The van der Waals surface area contributed by atoms with Gasteiger partial charge in [-0.3, -0.25) is 4.98 Å². The molecule has 1 unspecified atom stereocenters. The average molecular weight is 217 g/mol. The molecular formula is C9H13ClN2O2. The van der Waals surface area contributed by atoms with Crippen LogP contribution in [0.3, 0.4) is 0 Å². The molecule has 14 heavy (non-hydrogen) atoms. The molecule has 0 fully saturated rings. The van der Waals surface area contributed by atoms with Crippen LogP contribution in [0.4, 0.5) is 0 Å². The van der Waals surface area contributed by atoms with Crippen LogP contribution in [0.15, 0.2) is 12.4 Å². The Morgan fingerprint density at radius 3 is 2.71 bits per heavy atom. The third-order valence-corrected chi connectivity index (χ3v) is 1.82. The summed E-state index contributed by atoms with van der Waals surface area (Å²) in [7, 11) is 1.63. The largest absolute Gasteiger partial charge is 0.471 e. The Balaban J connectivity index is 2.50. The van der Waals surface area contributed by atoms with Crippen molar-refractivity contribution in [1.29, 1.82) is 0 Å². The number of aromatic nitrogens is 2. The zero-order valence-electron chi connectivity index (χ0n) is 8.24. The summed E-state index contributed by atoms with van der Waals surface area (Å²) in [6, 6.07) is 0. The van der Waals surface area contributed by atoms with Gasteiger partial charge in [0.2, 0.25) is 5.88 Å². The Bertz CT molecular complexity index is 266. The van der Waals surface area contributed by atoms with E-state index in [1.54, 1.807) is 19.5 Å². The molecule has 0 aromatic carbocycles. The van der Waals surface area contributed by atoms with E-state index in [-0.39, 0.29) is 6.10 Å². The van der Waals surface area contributed by atoms with Crippen LogP contribution in [-0.4, -0.2) is 29.8 Å². The lowest BCUT2D eigenvalue weighted by Crippen LogP contribution is -2.18.